The summed E-state index contributed by atoms with van der Waals surface area (Å²) in [5.74, 6) is -0.228. The minimum absolute atomic E-state index is 0.228. The number of hydrogen-bond donors (Lipinski definition) is 1. The lowest BCUT2D eigenvalue weighted by Crippen LogP contribution is -2.16. The fourth-order valence-corrected chi connectivity index (χ4v) is 1.90. The summed E-state index contributed by atoms with van der Waals surface area (Å²) in [5.41, 5.74) is 3.15. The van der Waals surface area contributed by atoms with Gasteiger partial charge in [-0.15, -0.1) is 0 Å². The summed E-state index contributed by atoms with van der Waals surface area (Å²) >= 11 is 0. The van der Waals surface area contributed by atoms with Crippen molar-refractivity contribution in [1.82, 2.24) is 5.32 Å². The summed E-state index contributed by atoms with van der Waals surface area (Å²) in [7, 11) is 1.41. The Bertz CT molecular complexity index is 475. The van der Waals surface area contributed by atoms with Gasteiger partial charge in [0.1, 0.15) is 0 Å². The Morgan fingerprint density at radius 3 is 2.61 bits per heavy atom. The third-order valence-electron chi connectivity index (χ3n) is 2.96. The number of rotatable bonds is 4. The summed E-state index contributed by atoms with van der Waals surface area (Å²) in [6.07, 6.45) is 5.38. The van der Waals surface area contributed by atoms with E-state index < -0.39 is 0 Å². The normalized spacial score (nSPS) is 14.5. The van der Waals surface area contributed by atoms with E-state index in [2.05, 4.69) is 17.4 Å². The van der Waals surface area contributed by atoms with Gasteiger partial charge in [-0.05, 0) is 24.5 Å². The SMILES string of the molecule is COC(=O)C1=CC=C(NCc2ccccc2)CC1. The van der Waals surface area contributed by atoms with Crippen LogP contribution in [0.1, 0.15) is 18.4 Å². The van der Waals surface area contributed by atoms with Crippen molar-refractivity contribution in [3.63, 3.8) is 0 Å². The number of ether oxygens (including phenoxy) is 1. The number of nitrogens with one attached hydrogen (secondary N) is 1. The predicted octanol–water partition coefficient (Wildman–Crippen LogP) is 2.55. The summed E-state index contributed by atoms with van der Waals surface area (Å²) < 4.78 is 4.70. The van der Waals surface area contributed by atoms with Gasteiger partial charge in [0.15, 0.2) is 0 Å². The largest absolute Gasteiger partial charge is 0.466 e. The van der Waals surface area contributed by atoms with Crippen LogP contribution in [0.5, 0.6) is 0 Å². The molecule has 0 atom stereocenters. The number of carbonyl (C=O) groups excluding carboxylic acids is 1. The van der Waals surface area contributed by atoms with Crippen LogP contribution in [-0.4, -0.2) is 13.1 Å². The van der Waals surface area contributed by atoms with Crippen molar-refractivity contribution in [2.24, 2.45) is 0 Å². The Kier molecular flexibility index (Phi) is 4.18. The van der Waals surface area contributed by atoms with E-state index in [-0.39, 0.29) is 5.97 Å². The maximum Gasteiger partial charge on any atom is 0.333 e. The van der Waals surface area contributed by atoms with Crippen LogP contribution in [0, 0.1) is 0 Å². The standard InChI is InChI=1S/C15H17NO2/c1-18-15(17)13-7-9-14(10-8-13)16-11-12-5-3-2-4-6-12/h2-7,9,16H,8,10-11H2,1H3. The molecule has 94 valence electrons. The van der Waals surface area contributed by atoms with E-state index in [1.165, 1.54) is 12.7 Å². The maximum absolute atomic E-state index is 11.3. The molecule has 1 aliphatic rings. The molecule has 0 radical (unpaired) electrons. The Morgan fingerprint density at radius 1 is 1.22 bits per heavy atom. The highest BCUT2D eigenvalue weighted by atomic mass is 16.5. The average Bonchev–Trinajstić information content (AvgIpc) is 2.46. The highest BCUT2D eigenvalue weighted by Crippen LogP contribution is 2.17. The second-order valence-electron chi connectivity index (χ2n) is 4.21. The number of esters is 1. The highest BCUT2D eigenvalue weighted by Gasteiger charge is 2.13. The minimum Gasteiger partial charge on any atom is -0.466 e. The Balaban J connectivity index is 1.91. The summed E-state index contributed by atoms with van der Waals surface area (Å²) in [5, 5.41) is 3.38. The molecular weight excluding hydrogens is 226 g/mol. The third-order valence-corrected chi connectivity index (χ3v) is 2.96. The first-order chi connectivity index (χ1) is 8.79. The molecule has 1 aliphatic carbocycles. The van der Waals surface area contributed by atoms with Crippen LogP contribution in [0.25, 0.3) is 0 Å². The lowest BCUT2D eigenvalue weighted by molar-refractivity contribution is -0.136. The molecule has 3 heteroatoms. The first-order valence-electron chi connectivity index (χ1n) is 6.05. The molecule has 0 heterocycles. The molecule has 0 saturated carbocycles. The zero-order valence-electron chi connectivity index (χ0n) is 10.5. The molecule has 2 rings (SSSR count). The van der Waals surface area contributed by atoms with E-state index in [1.54, 1.807) is 0 Å². The Morgan fingerprint density at radius 2 is 2.00 bits per heavy atom. The molecule has 1 aromatic carbocycles. The number of carbonyl (C=O) groups is 1. The second kappa shape index (κ2) is 6.05. The van der Waals surface area contributed by atoms with Crippen LogP contribution in [0.4, 0.5) is 0 Å². The van der Waals surface area contributed by atoms with Crippen LogP contribution in [-0.2, 0) is 16.1 Å². The van der Waals surface area contributed by atoms with Crippen LogP contribution < -0.4 is 5.32 Å². The summed E-state index contributed by atoms with van der Waals surface area (Å²) in [6, 6.07) is 10.2. The molecule has 18 heavy (non-hydrogen) atoms. The molecule has 0 bridgehead atoms. The molecule has 0 aromatic heterocycles. The third kappa shape index (κ3) is 3.23. The Hall–Kier alpha value is -2.03. The fraction of sp³-hybridized carbons (Fsp3) is 0.267. The predicted molar refractivity (Wildman–Crippen MR) is 70.7 cm³/mol. The summed E-state index contributed by atoms with van der Waals surface area (Å²) in [6.45, 7) is 0.814. The minimum atomic E-state index is -0.228. The van der Waals surface area contributed by atoms with E-state index in [0.29, 0.717) is 0 Å². The number of hydrogen-bond acceptors (Lipinski definition) is 3. The molecule has 0 spiro atoms. The van der Waals surface area contributed by atoms with Crippen molar-refractivity contribution >= 4 is 5.97 Å². The average molecular weight is 243 g/mol. The smallest absolute Gasteiger partial charge is 0.333 e. The van der Waals surface area contributed by atoms with E-state index in [9.17, 15) is 4.79 Å². The van der Waals surface area contributed by atoms with Gasteiger partial charge in [-0.2, -0.15) is 0 Å². The second-order valence-corrected chi connectivity index (χ2v) is 4.21. The quantitative estimate of drug-likeness (QED) is 0.826. The van der Waals surface area contributed by atoms with Crippen molar-refractivity contribution in [3.05, 3.63) is 59.3 Å². The zero-order chi connectivity index (χ0) is 12.8. The molecule has 0 unspecified atom stereocenters. The van der Waals surface area contributed by atoms with E-state index in [0.717, 1.165) is 30.7 Å². The number of methoxy groups -OCH3 is 1. The van der Waals surface area contributed by atoms with Gasteiger partial charge >= 0.3 is 5.97 Å². The van der Waals surface area contributed by atoms with Crippen molar-refractivity contribution < 1.29 is 9.53 Å². The lowest BCUT2D eigenvalue weighted by atomic mass is 10.0. The number of benzene rings is 1. The van der Waals surface area contributed by atoms with Crippen molar-refractivity contribution in [1.29, 1.82) is 0 Å². The van der Waals surface area contributed by atoms with Gasteiger partial charge in [-0.1, -0.05) is 36.4 Å². The molecule has 0 amide bonds. The first kappa shape index (κ1) is 12.4. The van der Waals surface area contributed by atoms with Gasteiger partial charge in [-0.3, -0.25) is 0 Å². The maximum atomic E-state index is 11.3. The first-order valence-corrected chi connectivity index (χ1v) is 6.05. The van der Waals surface area contributed by atoms with Crippen LogP contribution >= 0.6 is 0 Å². The molecular formula is C15H17NO2. The van der Waals surface area contributed by atoms with Gasteiger partial charge in [0.25, 0.3) is 0 Å². The molecule has 3 nitrogen and oxygen atoms in total. The van der Waals surface area contributed by atoms with Gasteiger partial charge in [0.05, 0.1) is 7.11 Å². The molecule has 0 saturated heterocycles. The summed E-state index contributed by atoms with van der Waals surface area (Å²) in [4.78, 5) is 11.3. The van der Waals surface area contributed by atoms with Crippen LogP contribution in [0.2, 0.25) is 0 Å². The van der Waals surface area contributed by atoms with Gasteiger partial charge < -0.3 is 10.1 Å². The fourth-order valence-electron chi connectivity index (χ4n) is 1.90. The van der Waals surface area contributed by atoms with Crippen LogP contribution in [0.3, 0.4) is 0 Å². The van der Waals surface area contributed by atoms with Gasteiger partial charge in [0.2, 0.25) is 0 Å². The monoisotopic (exact) mass is 243 g/mol. The lowest BCUT2D eigenvalue weighted by Gasteiger charge is -2.15. The van der Waals surface area contributed by atoms with Crippen molar-refractivity contribution in [3.8, 4) is 0 Å². The van der Waals surface area contributed by atoms with Crippen molar-refractivity contribution in [2.45, 2.75) is 19.4 Å². The zero-order valence-corrected chi connectivity index (χ0v) is 10.5. The van der Waals surface area contributed by atoms with Gasteiger partial charge in [0, 0.05) is 17.8 Å². The van der Waals surface area contributed by atoms with E-state index >= 15 is 0 Å². The van der Waals surface area contributed by atoms with Gasteiger partial charge in [-0.25, -0.2) is 4.79 Å². The molecule has 0 fully saturated rings. The number of allylic oxidation sites excluding steroid dienone is 3. The van der Waals surface area contributed by atoms with Crippen LogP contribution in [0.15, 0.2) is 53.8 Å². The van der Waals surface area contributed by atoms with E-state index in [4.69, 9.17) is 4.74 Å². The van der Waals surface area contributed by atoms with Crippen molar-refractivity contribution in [2.75, 3.05) is 7.11 Å². The molecule has 1 N–H and O–H groups in total. The molecule has 1 aromatic rings. The Labute approximate surface area is 107 Å². The topological polar surface area (TPSA) is 38.3 Å². The van der Waals surface area contributed by atoms with E-state index in [1.807, 2.05) is 30.4 Å². The molecule has 0 aliphatic heterocycles. The highest BCUT2D eigenvalue weighted by molar-refractivity contribution is 5.89.